The van der Waals surface area contributed by atoms with E-state index >= 15 is 0 Å². The highest BCUT2D eigenvalue weighted by Gasteiger charge is 2.30. The van der Waals surface area contributed by atoms with Crippen molar-refractivity contribution < 1.29 is 19.1 Å². The molecule has 0 spiro atoms. The van der Waals surface area contributed by atoms with Gasteiger partial charge in [-0.1, -0.05) is 17.7 Å². The molecule has 1 aromatic carbocycles. The number of rotatable bonds is 3. The third-order valence-electron chi connectivity index (χ3n) is 4.65. The largest absolute Gasteiger partial charge is 0.378 e. The third kappa shape index (κ3) is 3.87. The quantitative estimate of drug-likeness (QED) is 0.849. The number of carbonyl (C=O) groups is 2. The lowest BCUT2D eigenvalue weighted by atomic mass is 10.0. The van der Waals surface area contributed by atoms with Crippen LogP contribution in [-0.2, 0) is 22.5 Å². The number of ether oxygens (including phenoxy) is 2. The van der Waals surface area contributed by atoms with E-state index in [1.165, 1.54) is 11.3 Å². The van der Waals surface area contributed by atoms with Crippen LogP contribution >= 0.6 is 22.9 Å². The van der Waals surface area contributed by atoms with Gasteiger partial charge in [0.25, 0.3) is 11.8 Å². The van der Waals surface area contributed by atoms with Crippen molar-refractivity contribution >= 4 is 39.8 Å². The number of anilines is 1. The Labute approximate surface area is 166 Å². The van der Waals surface area contributed by atoms with Gasteiger partial charge in [0.05, 0.1) is 32.0 Å². The first-order valence-electron chi connectivity index (χ1n) is 8.79. The third-order valence-corrected chi connectivity index (χ3v) is 6.00. The van der Waals surface area contributed by atoms with Gasteiger partial charge >= 0.3 is 0 Å². The van der Waals surface area contributed by atoms with Gasteiger partial charge in [0.15, 0.2) is 0 Å². The molecular weight excluding hydrogens is 388 g/mol. The lowest BCUT2D eigenvalue weighted by Crippen LogP contribution is -2.41. The number of hydrogen-bond donors (Lipinski definition) is 1. The van der Waals surface area contributed by atoms with Gasteiger partial charge in [-0.2, -0.15) is 0 Å². The first-order chi connectivity index (χ1) is 13.1. The van der Waals surface area contributed by atoms with E-state index in [1.807, 2.05) is 0 Å². The van der Waals surface area contributed by atoms with E-state index in [-0.39, 0.29) is 11.8 Å². The fourth-order valence-electron chi connectivity index (χ4n) is 3.28. The number of halogens is 1. The van der Waals surface area contributed by atoms with Crippen LogP contribution in [0.25, 0.3) is 0 Å². The van der Waals surface area contributed by atoms with Gasteiger partial charge in [-0.05, 0) is 30.2 Å². The molecular formula is C19H19ClN2O4S. The Morgan fingerprint density at radius 1 is 1.15 bits per heavy atom. The fraction of sp³-hybridized carbons (Fsp3) is 0.368. The molecule has 142 valence electrons. The number of thiophene rings is 1. The zero-order valence-corrected chi connectivity index (χ0v) is 16.2. The first-order valence-corrected chi connectivity index (χ1v) is 9.99. The number of nitrogens with one attached hydrogen (secondary N) is 1. The van der Waals surface area contributed by atoms with Gasteiger partial charge in [0.2, 0.25) is 0 Å². The van der Waals surface area contributed by atoms with Crippen molar-refractivity contribution in [2.45, 2.75) is 13.0 Å². The van der Waals surface area contributed by atoms with Crippen molar-refractivity contribution in [2.24, 2.45) is 0 Å². The molecule has 8 heteroatoms. The molecule has 0 aliphatic carbocycles. The van der Waals surface area contributed by atoms with Gasteiger partial charge in [0.1, 0.15) is 5.00 Å². The second-order valence-electron chi connectivity index (χ2n) is 6.38. The first kappa shape index (κ1) is 18.4. The van der Waals surface area contributed by atoms with E-state index in [0.717, 1.165) is 10.4 Å². The molecule has 1 N–H and O–H groups in total. The van der Waals surface area contributed by atoms with Gasteiger partial charge in [-0.25, -0.2) is 0 Å². The summed E-state index contributed by atoms with van der Waals surface area (Å²) >= 11 is 7.40. The van der Waals surface area contributed by atoms with Crippen molar-refractivity contribution in [1.29, 1.82) is 0 Å². The number of morpholine rings is 1. The lowest BCUT2D eigenvalue weighted by molar-refractivity contribution is 0.0302. The summed E-state index contributed by atoms with van der Waals surface area (Å²) in [6, 6.07) is 6.75. The van der Waals surface area contributed by atoms with Crippen molar-refractivity contribution in [3.8, 4) is 0 Å². The molecule has 2 aliphatic rings. The number of benzene rings is 1. The smallest absolute Gasteiger partial charge is 0.257 e. The van der Waals surface area contributed by atoms with Crippen LogP contribution in [0.2, 0.25) is 5.02 Å². The molecule has 0 bridgehead atoms. The Kier molecular flexibility index (Phi) is 5.45. The Balaban J connectivity index is 1.66. The van der Waals surface area contributed by atoms with Crippen molar-refractivity contribution in [1.82, 2.24) is 4.90 Å². The molecule has 0 atom stereocenters. The van der Waals surface area contributed by atoms with Crippen LogP contribution < -0.4 is 5.32 Å². The molecule has 6 nitrogen and oxygen atoms in total. The molecule has 27 heavy (non-hydrogen) atoms. The Hall–Kier alpha value is -1.93. The van der Waals surface area contributed by atoms with Crippen molar-refractivity contribution in [3.05, 3.63) is 50.9 Å². The maximum Gasteiger partial charge on any atom is 0.257 e. The summed E-state index contributed by atoms with van der Waals surface area (Å²) in [7, 11) is 0. The average molecular weight is 407 g/mol. The maximum atomic E-state index is 13.2. The lowest BCUT2D eigenvalue weighted by Gasteiger charge is -2.27. The molecule has 1 saturated heterocycles. The second-order valence-corrected chi connectivity index (χ2v) is 7.92. The van der Waals surface area contributed by atoms with Crippen LogP contribution in [0.1, 0.15) is 31.2 Å². The Morgan fingerprint density at radius 3 is 2.74 bits per heavy atom. The summed E-state index contributed by atoms with van der Waals surface area (Å²) in [5, 5.41) is 3.99. The summed E-state index contributed by atoms with van der Waals surface area (Å²) in [5.41, 5.74) is 2.04. The maximum absolute atomic E-state index is 13.2. The second kappa shape index (κ2) is 7.98. The van der Waals surface area contributed by atoms with Crippen LogP contribution in [0.5, 0.6) is 0 Å². The number of fused-ring (bicyclic) bond motifs is 1. The molecule has 1 aromatic heterocycles. The Bertz CT molecular complexity index is 877. The average Bonchev–Trinajstić information content (AvgIpc) is 3.06. The van der Waals surface area contributed by atoms with Gasteiger partial charge in [0, 0.05) is 28.6 Å². The fourth-order valence-corrected chi connectivity index (χ4v) is 4.64. The number of carbonyl (C=O) groups excluding carboxylic acids is 2. The van der Waals surface area contributed by atoms with E-state index in [4.69, 9.17) is 21.1 Å². The summed E-state index contributed by atoms with van der Waals surface area (Å²) in [6.07, 6.45) is 0.671. The molecule has 1 fully saturated rings. The zero-order valence-electron chi connectivity index (χ0n) is 14.6. The van der Waals surface area contributed by atoms with Crippen molar-refractivity contribution in [3.63, 3.8) is 0 Å². The summed E-state index contributed by atoms with van der Waals surface area (Å²) in [5.74, 6) is -0.341. The molecule has 2 aromatic rings. The van der Waals surface area contributed by atoms with Crippen LogP contribution in [0.15, 0.2) is 24.3 Å². The van der Waals surface area contributed by atoms with Gasteiger partial charge < -0.3 is 19.7 Å². The van der Waals surface area contributed by atoms with E-state index in [2.05, 4.69) is 5.32 Å². The van der Waals surface area contributed by atoms with Crippen LogP contribution in [0.4, 0.5) is 5.00 Å². The van der Waals surface area contributed by atoms with E-state index < -0.39 is 0 Å². The SMILES string of the molecule is O=C(Nc1sc2c(c1C(=O)N1CCOCC1)CCOC2)c1cccc(Cl)c1. The molecule has 4 rings (SSSR count). The van der Waals surface area contributed by atoms with Crippen molar-refractivity contribution in [2.75, 3.05) is 38.2 Å². The Morgan fingerprint density at radius 2 is 1.96 bits per heavy atom. The molecule has 2 amide bonds. The standard InChI is InChI=1S/C19H19ClN2O4S/c20-13-3-1-2-12(10-13)17(23)21-18-16(14-4-7-26-11-15(14)27-18)19(24)22-5-8-25-9-6-22/h1-3,10H,4-9,11H2,(H,21,23). The van der Waals surface area contributed by atoms with Gasteiger partial charge in [-0.3, -0.25) is 9.59 Å². The van der Waals surface area contributed by atoms with Crippen LogP contribution in [0.3, 0.4) is 0 Å². The minimum atomic E-state index is -0.284. The zero-order chi connectivity index (χ0) is 18.8. The predicted octanol–water partition coefficient (Wildman–Crippen LogP) is 3.20. The highest BCUT2D eigenvalue weighted by molar-refractivity contribution is 7.17. The van der Waals surface area contributed by atoms with Crippen LogP contribution in [0, 0.1) is 0 Å². The normalized spacial score (nSPS) is 16.7. The molecule has 0 unspecified atom stereocenters. The molecule has 0 saturated carbocycles. The molecule has 3 heterocycles. The number of amides is 2. The van der Waals surface area contributed by atoms with E-state index in [1.54, 1.807) is 29.2 Å². The molecule has 2 aliphatic heterocycles. The minimum Gasteiger partial charge on any atom is -0.378 e. The predicted molar refractivity (Wildman–Crippen MR) is 104 cm³/mol. The number of nitrogens with zero attached hydrogens (tertiary/aromatic N) is 1. The minimum absolute atomic E-state index is 0.0564. The monoisotopic (exact) mass is 406 g/mol. The van der Waals surface area contributed by atoms with E-state index in [0.29, 0.717) is 67.1 Å². The summed E-state index contributed by atoms with van der Waals surface area (Å²) in [4.78, 5) is 28.7. The van der Waals surface area contributed by atoms with Gasteiger partial charge in [-0.15, -0.1) is 11.3 Å². The number of hydrogen-bond acceptors (Lipinski definition) is 5. The van der Waals surface area contributed by atoms with E-state index in [9.17, 15) is 9.59 Å². The highest BCUT2D eigenvalue weighted by Crippen LogP contribution is 2.37. The summed E-state index contributed by atoms with van der Waals surface area (Å²) < 4.78 is 10.9. The molecule has 0 radical (unpaired) electrons. The summed E-state index contributed by atoms with van der Waals surface area (Å²) in [6.45, 7) is 3.23. The highest BCUT2D eigenvalue weighted by atomic mass is 35.5. The topological polar surface area (TPSA) is 67.9 Å². The van der Waals surface area contributed by atoms with Crippen LogP contribution in [-0.4, -0.2) is 49.6 Å².